The van der Waals surface area contributed by atoms with Crippen molar-refractivity contribution in [2.75, 3.05) is 0 Å². The molecule has 0 spiro atoms. The number of ether oxygens (including phenoxy) is 1. The van der Waals surface area contributed by atoms with Crippen molar-refractivity contribution < 1.29 is 4.74 Å². The lowest BCUT2D eigenvalue weighted by molar-refractivity contribution is 0.295. The predicted molar refractivity (Wildman–Crippen MR) is 66.6 cm³/mol. The van der Waals surface area contributed by atoms with Crippen LogP contribution in [0.5, 0.6) is 5.75 Å². The highest BCUT2D eigenvalue weighted by Gasteiger charge is 2.06. The molecule has 0 amide bonds. The van der Waals surface area contributed by atoms with Crippen LogP contribution in [0.4, 0.5) is 0 Å². The van der Waals surface area contributed by atoms with E-state index in [1.807, 2.05) is 24.3 Å². The van der Waals surface area contributed by atoms with Crippen molar-refractivity contribution in [2.45, 2.75) is 6.61 Å². The number of nitrogens with zero attached hydrogens (tertiary/aromatic N) is 4. The topological polar surface area (TPSA) is 52.3 Å². The molecule has 3 aromatic rings. The number of rotatable bonds is 3. The Labute approximate surface area is 108 Å². The zero-order valence-corrected chi connectivity index (χ0v) is 10.1. The molecule has 0 aliphatic carbocycles. The van der Waals surface area contributed by atoms with E-state index in [9.17, 15) is 0 Å². The fourth-order valence-electron chi connectivity index (χ4n) is 1.56. The molecular weight excluding hydrogens is 252 g/mol. The number of hydrogen-bond acceptors (Lipinski definition) is 4. The first kappa shape index (κ1) is 11.0. The SMILES string of the molecule is Clc1cccc2nc(COc3cccnc3)nn12. The van der Waals surface area contributed by atoms with E-state index >= 15 is 0 Å². The Morgan fingerprint density at radius 1 is 1.22 bits per heavy atom. The lowest BCUT2D eigenvalue weighted by Crippen LogP contribution is -1.98. The number of aromatic nitrogens is 4. The van der Waals surface area contributed by atoms with Crippen LogP contribution in [0.2, 0.25) is 5.15 Å². The van der Waals surface area contributed by atoms with Crippen LogP contribution in [0.1, 0.15) is 5.82 Å². The predicted octanol–water partition coefficient (Wildman–Crippen LogP) is 2.36. The minimum Gasteiger partial charge on any atom is -0.484 e. The third-order valence-corrected chi connectivity index (χ3v) is 2.65. The molecule has 0 N–H and O–H groups in total. The van der Waals surface area contributed by atoms with Gasteiger partial charge in [-0.15, -0.1) is 5.10 Å². The van der Waals surface area contributed by atoms with Gasteiger partial charge in [0.15, 0.2) is 11.5 Å². The minimum absolute atomic E-state index is 0.281. The number of pyridine rings is 2. The monoisotopic (exact) mass is 260 g/mol. The summed E-state index contributed by atoms with van der Waals surface area (Å²) in [5.41, 5.74) is 0.701. The summed E-state index contributed by atoms with van der Waals surface area (Å²) < 4.78 is 7.09. The third-order valence-electron chi connectivity index (χ3n) is 2.36. The molecule has 90 valence electrons. The van der Waals surface area contributed by atoms with Gasteiger partial charge in [0, 0.05) is 6.20 Å². The highest BCUT2D eigenvalue weighted by molar-refractivity contribution is 6.29. The highest BCUT2D eigenvalue weighted by Crippen LogP contribution is 2.12. The molecule has 0 saturated heterocycles. The van der Waals surface area contributed by atoms with Gasteiger partial charge in [-0.05, 0) is 24.3 Å². The van der Waals surface area contributed by atoms with Gasteiger partial charge in [0.1, 0.15) is 17.5 Å². The zero-order valence-electron chi connectivity index (χ0n) is 9.32. The molecule has 0 aliphatic heterocycles. The fourth-order valence-corrected chi connectivity index (χ4v) is 1.76. The van der Waals surface area contributed by atoms with Gasteiger partial charge < -0.3 is 4.74 Å². The van der Waals surface area contributed by atoms with Gasteiger partial charge in [0.05, 0.1) is 6.20 Å². The Bertz CT molecular complexity index is 668. The normalized spacial score (nSPS) is 10.7. The van der Waals surface area contributed by atoms with Crippen molar-refractivity contribution in [3.8, 4) is 5.75 Å². The van der Waals surface area contributed by atoms with Gasteiger partial charge >= 0.3 is 0 Å². The standard InChI is InChI=1S/C12H9ClN4O/c13-10-4-1-5-12-15-11(16-17(10)12)8-18-9-3-2-6-14-7-9/h1-7H,8H2. The molecule has 0 unspecified atom stereocenters. The van der Waals surface area contributed by atoms with Crippen molar-refractivity contribution in [3.63, 3.8) is 0 Å². The molecule has 5 nitrogen and oxygen atoms in total. The van der Waals surface area contributed by atoms with Gasteiger partial charge in [0.2, 0.25) is 0 Å². The molecule has 0 bridgehead atoms. The molecule has 6 heteroatoms. The van der Waals surface area contributed by atoms with E-state index in [4.69, 9.17) is 16.3 Å². The summed E-state index contributed by atoms with van der Waals surface area (Å²) in [6, 6.07) is 9.07. The maximum Gasteiger partial charge on any atom is 0.189 e. The second-order valence-corrected chi connectivity index (χ2v) is 4.01. The Morgan fingerprint density at radius 3 is 2.94 bits per heavy atom. The molecule has 0 atom stereocenters. The van der Waals surface area contributed by atoms with E-state index in [0.717, 1.165) is 0 Å². The summed E-state index contributed by atoms with van der Waals surface area (Å²) in [5.74, 6) is 1.26. The lowest BCUT2D eigenvalue weighted by Gasteiger charge is -2.01. The molecule has 0 aliphatic rings. The summed E-state index contributed by atoms with van der Waals surface area (Å²) in [4.78, 5) is 8.27. The molecule has 18 heavy (non-hydrogen) atoms. The fraction of sp³-hybridized carbons (Fsp3) is 0.0833. The van der Waals surface area contributed by atoms with Crippen molar-refractivity contribution in [3.05, 3.63) is 53.7 Å². The number of hydrogen-bond donors (Lipinski definition) is 0. The average molecular weight is 261 g/mol. The largest absolute Gasteiger partial charge is 0.484 e. The van der Waals surface area contributed by atoms with E-state index in [-0.39, 0.29) is 6.61 Å². The zero-order chi connectivity index (χ0) is 12.4. The first-order chi connectivity index (χ1) is 8.83. The molecule has 3 aromatic heterocycles. The lowest BCUT2D eigenvalue weighted by atomic mass is 10.5. The first-order valence-electron chi connectivity index (χ1n) is 5.36. The molecule has 0 radical (unpaired) electrons. The van der Waals surface area contributed by atoms with Crippen molar-refractivity contribution in [1.29, 1.82) is 0 Å². The van der Waals surface area contributed by atoms with Crippen LogP contribution >= 0.6 is 11.6 Å². The van der Waals surface area contributed by atoms with Gasteiger partial charge in [-0.25, -0.2) is 9.50 Å². The van der Waals surface area contributed by atoms with Crippen molar-refractivity contribution in [1.82, 2.24) is 19.6 Å². The molecule has 3 rings (SSSR count). The summed E-state index contributed by atoms with van der Waals surface area (Å²) in [6.07, 6.45) is 3.33. The van der Waals surface area contributed by atoms with Crippen LogP contribution in [0.3, 0.4) is 0 Å². The first-order valence-corrected chi connectivity index (χ1v) is 5.74. The third kappa shape index (κ3) is 2.12. The van der Waals surface area contributed by atoms with E-state index in [1.165, 1.54) is 0 Å². The second-order valence-electron chi connectivity index (χ2n) is 3.62. The second kappa shape index (κ2) is 4.62. The molecule has 0 saturated carbocycles. The van der Waals surface area contributed by atoms with Crippen LogP contribution in [0, 0.1) is 0 Å². The average Bonchev–Trinajstić information content (AvgIpc) is 2.82. The Hall–Kier alpha value is -2.14. The van der Waals surface area contributed by atoms with E-state index in [0.29, 0.717) is 22.4 Å². The highest BCUT2D eigenvalue weighted by atomic mass is 35.5. The van der Waals surface area contributed by atoms with Gasteiger partial charge in [-0.3, -0.25) is 4.98 Å². The van der Waals surface area contributed by atoms with Gasteiger partial charge in [0.25, 0.3) is 0 Å². The molecular formula is C12H9ClN4O. The van der Waals surface area contributed by atoms with Crippen LogP contribution in [0.15, 0.2) is 42.7 Å². The van der Waals surface area contributed by atoms with Gasteiger partial charge in [-0.1, -0.05) is 17.7 Å². The van der Waals surface area contributed by atoms with Crippen molar-refractivity contribution >= 4 is 17.2 Å². The summed E-state index contributed by atoms with van der Waals surface area (Å²) in [6.45, 7) is 0.281. The summed E-state index contributed by atoms with van der Waals surface area (Å²) in [5, 5.41) is 4.78. The van der Waals surface area contributed by atoms with Crippen LogP contribution in [-0.4, -0.2) is 19.6 Å². The molecule has 0 fully saturated rings. The molecule has 0 aromatic carbocycles. The van der Waals surface area contributed by atoms with Gasteiger partial charge in [-0.2, -0.15) is 0 Å². The van der Waals surface area contributed by atoms with E-state index in [2.05, 4.69) is 15.1 Å². The Kier molecular flexibility index (Phi) is 2.82. The van der Waals surface area contributed by atoms with Crippen molar-refractivity contribution in [2.24, 2.45) is 0 Å². The Balaban J connectivity index is 1.81. The number of halogens is 1. The smallest absolute Gasteiger partial charge is 0.189 e. The number of fused-ring (bicyclic) bond motifs is 1. The molecule has 3 heterocycles. The summed E-state index contributed by atoms with van der Waals surface area (Å²) in [7, 11) is 0. The van der Waals surface area contributed by atoms with E-state index in [1.54, 1.807) is 23.0 Å². The van der Waals surface area contributed by atoms with Crippen LogP contribution < -0.4 is 4.74 Å². The Morgan fingerprint density at radius 2 is 2.17 bits per heavy atom. The van der Waals surface area contributed by atoms with Crippen LogP contribution in [0.25, 0.3) is 5.65 Å². The maximum atomic E-state index is 6.00. The van der Waals surface area contributed by atoms with E-state index < -0.39 is 0 Å². The summed E-state index contributed by atoms with van der Waals surface area (Å²) >= 11 is 6.00. The van der Waals surface area contributed by atoms with Crippen LogP contribution in [-0.2, 0) is 6.61 Å². The maximum absolute atomic E-state index is 6.00. The minimum atomic E-state index is 0.281. The quantitative estimate of drug-likeness (QED) is 0.679.